The standard InChI is InChI=1S/C49H59N11O8S2.C48H59N11O8S2/c1-3-27(2)33-21-40(61)36(23-43(51)62)55-46(65)34(50)22-44(63)53-17-7-6-10-35(45(52)64)54-47(66)37(19-30-26-70-42-11-5-4-9-32(30)42)56-48(67)39-20-31(24-59(39)49(33)68)60-25-38(57-58-60)28-13-15-29(16-14-28)41-12-8-18-69-41;1-3-26(2)31-20-38(60)34(22-42(50)61)54-45(64)32(49)21-43(62)52-17-9-8-13-33(44(51)63)53-46(65)35(18-28-25-68-40-14-7-6-12-30(28)40)55-47(66)37-19-29(23-58(37)48(31)67)59-24-36(56-57-59)41-16-15-39(69-41)27-10-4-5-11-27/h4-5,8-9,11-16,18,25-27,31,33-37,39H,3,6-7,10,17,19-24,50H2,1-2H3,(H2,51,62)(H2,52,64)(H,53,63)(H,54,66)(H,55,65)(H,56,67);4-7,10,12,14-16,24-26,29,31-35,37H,3,8-9,11,13,17-23,49H2,1-2H3,(H2,50,61)(H2,51,63)(H,52,62)(H,53,65)(H,54,64)(H,55,66)/t27-,31-,33-,34-,35-,36-,37-,39-;26-,29-,31-,32-,33-,34-,35-,37-/m00/s1. The molecule has 0 spiro atoms. The van der Waals surface area contributed by atoms with Gasteiger partial charge in [-0.25, -0.2) is 9.36 Å². The van der Waals surface area contributed by atoms with E-state index in [4.69, 9.17) is 34.4 Å². The minimum absolute atomic E-state index is 0.0246. The molecule has 38 nitrogen and oxygen atoms in total. The van der Waals surface area contributed by atoms with Gasteiger partial charge in [0.2, 0.25) is 82.7 Å². The SMILES string of the molecule is CC[C@H](C)[C@@H]1CC(=O)[C@H](CC(N)=O)NC(=O)[C@@H](N)CC(=O)NCCCC[C@@H](C(N)=O)NC(=O)[C@H](Cc2csc3ccccc23)NC(=O)[C@@H]2C[C@H](n3cc(-c4ccc(-c5cccs5)cc4)nn3)CN2C1=O.CC[C@H](C)[C@@H]1CC(=O)[C@H](CC(N)=O)NC(=O)[C@@H](N)CC(=O)NCCCC[C@@H](C(N)=O)NC(=O)[C@H](Cc2csc3ccccc23)NC(=O)[C@@H]2C[C@H](n3cc(-c4ccc(C5=CC=CC5)s4)nn3)CN2C1=O. The van der Waals surface area contributed by atoms with Crippen LogP contribution in [-0.4, -0.2) is 221 Å². The van der Waals surface area contributed by atoms with E-state index in [2.05, 4.69) is 75.3 Å². The third kappa shape index (κ3) is 26.5. The summed E-state index contributed by atoms with van der Waals surface area (Å²) in [4.78, 5) is 226. The maximum atomic E-state index is 15.2. The van der Waals surface area contributed by atoms with Crippen molar-refractivity contribution in [3.05, 3.63) is 160 Å². The zero-order valence-electron chi connectivity index (χ0n) is 77.6. The van der Waals surface area contributed by atoms with Gasteiger partial charge in [0.05, 0.1) is 79.2 Å². The number of amides is 14. The Balaban J connectivity index is 0.000000234. The highest BCUT2D eigenvalue weighted by Gasteiger charge is 2.49. The number of carbonyl (C=O) groups excluding carboxylic acids is 16. The van der Waals surface area contributed by atoms with Crippen LogP contribution in [0.1, 0.15) is 165 Å². The van der Waals surface area contributed by atoms with Gasteiger partial charge in [0.15, 0.2) is 11.6 Å². The smallest absolute Gasteiger partial charge is 0.243 e. The van der Waals surface area contributed by atoms with E-state index in [-0.39, 0.29) is 64.7 Å². The molecule has 736 valence electrons. The van der Waals surface area contributed by atoms with E-state index in [1.165, 1.54) is 38.0 Å². The average molecular weight is 1980 g/mol. The lowest BCUT2D eigenvalue weighted by Crippen LogP contribution is -2.57. The van der Waals surface area contributed by atoms with Crippen LogP contribution in [-0.2, 0) is 89.6 Å². The van der Waals surface area contributed by atoms with Crippen molar-refractivity contribution in [3.8, 4) is 32.3 Å². The Kier molecular flexibility index (Phi) is 35.4. The molecule has 4 fully saturated rings. The molecule has 6 aromatic heterocycles. The zero-order chi connectivity index (χ0) is 99.4. The average Bonchev–Trinajstić information content (AvgIpc) is 1.64. The zero-order valence-corrected chi connectivity index (χ0v) is 80.8. The molecule has 4 aliphatic heterocycles. The Morgan fingerprint density at radius 1 is 0.475 bits per heavy atom. The summed E-state index contributed by atoms with van der Waals surface area (Å²) in [6.45, 7) is 7.49. The number of nitrogens with two attached hydrogens (primary N) is 6. The lowest BCUT2D eigenvalue weighted by molar-refractivity contribution is -0.145. The molecule has 0 radical (unpaired) electrons. The number of hydrogen-bond acceptors (Lipinski definition) is 26. The van der Waals surface area contributed by atoms with E-state index < -0.39 is 229 Å². The summed E-state index contributed by atoms with van der Waals surface area (Å²) in [5.41, 5.74) is 40.6. The second-order valence-corrected chi connectivity index (χ2v) is 39.9. The van der Waals surface area contributed by atoms with E-state index in [0.29, 0.717) is 49.9 Å². The molecule has 9 aromatic rings. The number of nitrogens with one attached hydrogen (secondary N) is 8. The predicted octanol–water partition coefficient (Wildman–Crippen LogP) is 5.13. The maximum Gasteiger partial charge on any atom is 0.243 e. The van der Waals surface area contributed by atoms with E-state index in [0.717, 1.165) is 63.5 Å². The molecule has 10 heterocycles. The summed E-state index contributed by atoms with van der Waals surface area (Å²) in [6.07, 6.45) is 10.2. The Morgan fingerprint density at radius 3 is 1.36 bits per heavy atom. The van der Waals surface area contributed by atoms with Gasteiger partial charge >= 0.3 is 0 Å². The number of fused-ring (bicyclic) bond motifs is 4. The fraction of sp³-hybridized carbons (Fsp3) is 0.443. The third-order valence-corrected chi connectivity index (χ3v) is 30.4. The van der Waals surface area contributed by atoms with Crippen LogP contribution >= 0.6 is 45.3 Å². The maximum absolute atomic E-state index is 15.2. The topological polar surface area (TPSA) is 593 Å². The van der Waals surface area contributed by atoms with Gasteiger partial charge in [-0.15, -0.1) is 55.5 Å². The van der Waals surface area contributed by atoms with Crippen molar-refractivity contribution in [3.63, 3.8) is 0 Å². The normalized spacial score (nSPS) is 24.8. The molecular formula is C97H118N22O16S4. The number of benzene rings is 3. The first-order chi connectivity index (χ1) is 66.7. The number of primary amides is 4. The first kappa shape index (κ1) is 103. The summed E-state index contributed by atoms with van der Waals surface area (Å²) in [5.74, 6) is -14.4. The summed E-state index contributed by atoms with van der Waals surface area (Å²) in [7, 11) is 0. The fourth-order valence-corrected chi connectivity index (χ4v) is 21.6. The van der Waals surface area contributed by atoms with Crippen molar-refractivity contribution < 1.29 is 76.7 Å². The molecule has 20 N–H and O–H groups in total. The van der Waals surface area contributed by atoms with Crippen molar-refractivity contribution in [2.45, 2.75) is 222 Å². The molecule has 0 bridgehead atoms. The predicted molar refractivity (Wildman–Crippen MR) is 525 cm³/mol. The van der Waals surface area contributed by atoms with E-state index in [1.807, 2.05) is 133 Å². The van der Waals surface area contributed by atoms with Crippen molar-refractivity contribution in [2.75, 3.05) is 26.2 Å². The second-order valence-electron chi connectivity index (χ2n) is 36.1. The molecular weight excluding hydrogens is 1860 g/mol. The van der Waals surface area contributed by atoms with E-state index in [9.17, 15) is 67.1 Å². The van der Waals surface area contributed by atoms with Crippen LogP contribution in [0.4, 0.5) is 0 Å². The molecule has 3 aromatic carbocycles. The number of nitrogens with zero attached hydrogens (tertiary/aromatic N) is 8. The summed E-state index contributed by atoms with van der Waals surface area (Å²) < 4.78 is 5.16. The first-order valence-corrected chi connectivity index (χ1v) is 50.2. The molecule has 42 heteroatoms. The Morgan fingerprint density at radius 2 is 0.921 bits per heavy atom. The number of thiophene rings is 4. The molecule has 14 amide bonds. The highest BCUT2D eigenvalue weighted by Crippen LogP contribution is 2.40. The minimum atomic E-state index is -1.47. The van der Waals surface area contributed by atoms with Crippen molar-refractivity contribution >= 4 is 165 Å². The monoisotopic (exact) mass is 1970 g/mol. The lowest BCUT2D eigenvalue weighted by Gasteiger charge is -2.32. The van der Waals surface area contributed by atoms with Gasteiger partial charge in [0.25, 0.3) is 0 Å². The summed E-state index contributed by atoms with van der Waals surface area (Å²) in [6, 6.07) is 17.1. The molecule has 14 rings (SSSR count). The highest BCUT2D eigenvalue weighted by atomic mass is 32.1. The van der Waals surface area contributed by atoms with Crippen LogP contribution in [0.3, 0.4) is 0 Å². The van der Waals surface area contributed by atoms with Crippen LogP contribution in [0.2, 0.25) is 0 Å². The fourth-order valence-electron chi connectivity index (χ4n) is 17.9. The Bertz CT molecular complexity index is 6080. The molecule has 5 aliphatic rings. The summed E-state index contributed by atoms with van der Waals surface area (Å²) in [5, 5.41) is 47.1. The van der Waals surface area contributed by atoms with Gasteiger partial charge in [-0.2, -0.15) is 0 Å². The minimum Gasteiger partial charge on any atom is -0.370 e. The van der Waals surface area contributed by atoms with Crippen LogP contribution in [0.15, 0.2) is 144 Å². The summed E-state index contributed by atoms with van der Waals surface area (Å²) >= 11 is 6.15. The number of allylic oxidation sites excluding steroid dienone is 4. The largest absolute Gasteiger partial charge is 0.370 e. The van der Waals surface area contributed by atoms with Crippen molar-refractivity contribution in [1.29, 1.82) is 0 Å². The Hall–Kier alpha value is -13.4. The molecule has 16 atom stereocenters. The molecule has 0 saturated carbocycles. The number of ketones is 2. The first-order valence-electron chi connectivity index (χ1n) is 46.7. The van der Waals surface area contributed by atoms with Gasteiger partial charge in [-0.3, -0.25) is 76.7 Å². The van der Waals surface area contributed by atoms with Gasteiger partial charge in [-0.05, 0) is 136 Å². The third-order valence-electron chi connectivity index (χ3n) is 26.3. The quantitative estimate of drug-likeness (QED) is 0.0470. The number of Topliss-reactive ketones (excluding diaryl/α,β-unsaturated/α-hetero) is 2. The van der Waals surface area contributed by atoms with Crippen LogP contribution in [0.25, 0.3) is 58.0 Å². The van der Waals surface area contributed by atoms with Crippen LogP contribution in [0, 0.1) is 23.7 Å². The number of rotatable bonds is 20. The van der Waals surface area contributed by atoms with E-state index >= 15 is 9.59 Å². The number of hydrogen-bond donors (Lipinski definition) is 14. The van der Waals surface area contributed by atoms with Gasteiger partial charge < -0.3 is 86.7 Å². The molecule has 1 aliphatic carbocycles. The van der Waals surface area contributed by atoms with Crippen LogP contribution < -0.4 is 76.9 Å². The van der Waals surface area contributed by atoms with Crippen molar-refractivity contribution in [2.24, 2.45) is 58.1 Å². The van der Waals surface area contributed by atoms with Crippen LogP contribution in [0.5, 0.6) is 0 Å². The van der Waals surface area contributed by atoms with Gasteiger partial charge in [0, 0.05) is 101 Å². The van der Waals surface area contributed by atoms with Gasteiger partial charge in [0.1, 0.15) is 47.6 Å². The second kappa shape index (κ2) is 47.8. The van der Waals surface area contributed by atoms with Crippen molar-refractivity contribution in [1.82, 2.24) is 82.3 Å². The Labute approximate surface area is 817 Å². The van der Waals surface area contributed by atoms with Gasteiger partial charge in [-0.1, -0.05) is 136 Å². The number of carbonyl (C=O) groups is 16. The molecule has 0 unspecified atom stereocenters. The molecule has 139 heavy (non-hydrogen) atoms. The lowest BCUT2D eigenvalue weighted by atomic mass is 9.84. The molecule has 4 saturated heterocycles. The van der Waals surface area contributed by atoms with E-state index in [1.54, 1.807) is 58.3 Å². The number of aromatic nitrogens is 6. The highest BCUT2D eigenvalue weighted by molar-refractivity contribution is 7.18.